The summed E-state index contributed by atoms with van der Waals surface area (Å²) in [7, 11) is 0. The molecular weight excluding hydrogens is 190 g/mol. The molecule has 15 heavy (non-hydrogen) atoms. The first kappa shape index (κ1) is 11.1. The molecule has 0 amide bonds. The molecule has 0 fully saturated rings. The van der Waals surface area contributed by atoms with Gasteiger partial charge in [0.1, 0.15) is 5.76 Å². The van der Waals surface area contributed by atoms with Crippen LogP contribution in [-0.4, -0.2) is 16.9 Å². The summed E-state index contributed by atoms with van der Waals surface area (Å²) in [5, 5.41) is 7.77. The summed E-state index contributed by atoms with van der Waals surface area (Å²) in [5.74, 6) is 1.11. The molecule has 1 aromatic rings. The average molecular weight is 203 g/mol. The second-order valence-corrected chi connectivity index (χ2v) is 2.80. The van der Waals surface area contributed by atoms with Crippen LogP contribution in [0.15, 0.2) is 41.2 Å². The Labute approximate surface area is 89.0 Å². The third kappa shape index (κ3) is 3.72. The number of hydrogen-bond donors (Lipinski definition) is 0. The Hall–Kier alpha value is -1.97. The Morgan fingerprint density at radius 1 is 1.47 bits per heavy atom. The van der Waals surface area contributed by atoms with E-state index in [1.807, 2.05) is 26.0 Å². The van der Waals surface area contributed by atoms with Crippen LogP contribution in [-0.2, 0) is 0 Å². The lowest BCUT2D eigenvalue weighted by Crippen LogP contribution is -1.96. The van der Waals surface area contributed by atoms with Crippen molar-refractivity contribution in [3.8, 4) is 5.88 Å². The zero-order valence-corrected chi connectivity index (χ0v) is 8.84. The molecule has 0 N–H and O–H groups in total. The van der Waals surface area contributed by atoms with Crippen molar-refractivity contribution in [2.24, 2.45) is 4.99 Å². The second-order valence-electron chi connectivity index (χ2n) is 2.80. The lowest BCUT2D eigenvalue weighted by atomic mass is 10.4. The van der Waals surface area contributed by atoms with Crippen molar-refractivity contribution in [3.05, 3.63) is 41.9 Å². The van der Waals surface area contributed by atoms with Gasteiger partial charge in [0.2, 0.25) is 5.88 Å². The van der Waals surface area contributed by atoms with E-state index >= 15 is 0 Å². The largest absolute Gasteiger partial charge is 0.438 e. The monoisotopic (exact) mass is 203 g/mol. The summed E-state index contributed by atoms with van der Waals surface area (Å²) >= 11 is 0. The van der Waals surface area contributed by atoms with Gasteiger partial charge in [-0.2, -0.15) is 5.10 Å². The van der Waals surface area contributed by atoms with E-state index in [1.165, 1.54) is 0 Å². The van der Waals surface area contributed by atoms with E-state index in [0.717, 1.165) is 5.69 Å². The molecule has 0 radical (unpaired) electrons. The smallest absolute Gasteiger partial charge is 0.238 e. The Morgan fingerprint density at radius 3 is 2.80 bits per heavy atom. The van der Waals surface area contributed by atoms with Crippen molar-refractivity contribution in [3.63, 3.8) is 0 Å². The highest BCUT2D eigenvalue weighted by molar-refractivity contribution is 5.27. The number of aromatic nitrogens is 2. The predicted molar refractivity (Wildman–Crippen MR) is 59.8 cm³/mol. The number of ether oxygens (including phenoxy) is 1. The van der Waals surface area contributed by atoms with Crippen molar-refractivity contribution >= 4 is 6.72 Å². The maximum Gasteiger partial charge on any atom is 0.238 e. The standard InChI is InChI=1S/C11H13N3O/c1-4-10(7-8-12-3)15-11-6-5-9(2)13-14-11/h4-8H,3H2,1-2H3/b8-7-,10-4+. The van der Waals surface area contributed by atoms with Gasteiger partial charge in [-0.05, 0) is 38.8 Å². The molecule has 78 valence electrons. The van der Waals surface area contributed by atoms with Gasteiger partial charge in [0.15, 0.2) is 0 Å². The first-order valence-corrected chi connectivity index (χ1v) is 4.53. The number of aryl methyl sites for hydroxylation is 1. The second kappa shape index (κ2) is 5.70. The third-order valence-corrected chi connectivity index (χ3v) is 1.62. The molecular formula is C11H13N3O. The molecule has 0 saturated heterocycles. The van der Waals surface area contributed by atoms with Gasteiger partial charge in [0, 0.05) is 12.3 Å². The van der Waals surface area contributed by atoms with Crippen molar-refractivity contribution < 1.29 is 4.74 Å². The van der Waals surface area contributed by atoms with Crippen LogP contribution in [0.4, 0.5) is 0 Å². The molecule has 0 aliphatic rings. The van der Waals surface area contributed by atoms with Crippen LogP contribution in [0.2, 0.25) is 0 Å². The van der Waals surface area contributed by atoms with Crippen LogP contribution in [0, 0.1) is 6.92 Å². The number of rotatable bonds is 4. The summed E-state index contributed by atoms with van der Waals surface area (Å²) in [6, 6.07) is 3.60. The van der Waals surface area contributed by atoms with Gasteiger partial charge in [-0.25, -0.2) is 0 Å². The zero-order chi connectivity index (χ0) is 11.1. The van der Waals surface area contributed by atoms with E-state index in [0.29, 0.717) is 11.6 Å². The highest BCUT2D eigenvalue weighted by atomic mass is 16.5. The van der Waals surface area contributed by atoms with Crippen molar-refractivity contribution in [2.75, 3.05) is 0 Å². The Bertz CT molecular complexity index is 379. The summed E-state index contributed by atoms with van der Waals surface area (Å²) < 4.78 is 5.43. The van der Waals surface area contributed by atoms with Crippen LogP contribution >= 0.6 is 0 Å². The molecule has 0 aliphatic carbocycles. The fourth-order valence-corrected chi connectivity index (χ4v) is 0.877. The normalized spacial score (nSPS) is 11.7. The molecule has 4 nitrogen and oxygen atoms in total. The van der Waals surface area contributed by atoms with E-state index < -0.39 is 0 Å². The third-order valence-electron chi connectivity index (χ3n) is 1.62. The lowest BCUT2D eigenvalue weighted by Gasteiger charge is -2.03. The van der Waals surface area contributed by atoms with Crippen LogP contribution in [0.25, 0.3) is 0 Å². The van der Waals surface area contributed by atoms with Gasteiger partial charge in [0.25, 0.3) is 0 Å². The van der Waals surface area contributed by atoms with Gasteiger partial charge in [-0.1, -0.05) is 0 Å². The van der Waals surface area contributed by atoms with Crippen LogP contribution in [0.3, 0.4) is 0 Å². The first-order valence-electron chi connectivity index (χ1n) is 4.53. The molecule has 0 spiro atoms. The van der Waals surface area contributed by atoms with Crippen molar-refractivity contribution in [2.45, 2.75) is 13.8 Å². The predicted octanol–water partition coefficient (Wildman–Crippen LogP) is 2.28. The topological polar surface area (TPSA) is 47.4 Å². The summed E-state index contributed by atoms with van der Waals surface area (Å²) in [4.78, 5) is 3.59. The molecule has 0 bridgehead atoms. The maximum atomic E-state index is 5.43. The zero-order valence-electron chi connectivity index (χ0n) is 8.84. The number of aliphatic imine (C=N–C) groups is 1. The van der Waals surface area contributed by atoms with Gasteiger partial charge in [0.05, 0.1) is 5.69 Å². The number of hydrogen-bond acceptors (Lipinski definition) is 4. The van der Waals surface area contributed by atoms with E-state index in [9.17, 15) is 0 Å². The molecule has 1 rings (SSSR count). The summed E-state index contributed by atoms with van der Waals surface area (Å²) in [5.41, 5.74) is 0.854. The van der Waals surface area contributed by atoms with Gasteiger partial charge in [-0.3, -0.25) is 4.99 Å². The summed E-state index contributed by atoms with van der Waals surface area (Å²) in [6.45, 7) is 7.07. The van der Waals surface area contributed by atoms with Crippen LogP contribution in [0.1, 0.15) is 12.6 Å². The molecule has 0 aromatic carbocycles. The quantitative estimate of drug-likeness (QED) is 0.428. The van der Waals surface area contributed by atoms with E-state index in [4.69, 9.17) is 4.74 Å². The van der Waals surface area contributed by atoms with Gasteiger partial charge >= 0.3 is 0 Å². The van der Waals surface area contributed by atoms with E-state index in [1.54, 1.807) is 18.3 Å². The molecule has 0 atom stereocenters. The minimum absolute atomic E-state index is 0.461. The average Bonchev–Trinajstić information content (AvgIpc) is 2.27. The Morgan fingerprint density at radius 2 is 2.27 bits per heavy atom. The van der Waals surface area contributed by atoms with Gasteiger partial charge in [-0.15, -0.1) is 5.10 Å². The fourth-order valence-electron chi connectivity index (χ4n) is 0.877. The Balaban J connectivity index is 2.71. The molecule has 1 aromatic heterocycles. The molecule has 4 heteroatoms. The van der Waals surface area contributed by atoms with Crippen LogP contribution < -0.4 is 4.74 Å². The SMILES string of the molecule is C=N/C=C\C(=C/C)Oc1ccc(C)nn1. The minimum atomic E-state index is 0.461. The molecule has 0 unspecified atom stereocenters. The first-order chi connectivity index (χ1) is 7.26. The molecule has 0 aliphatic heterocycles. The highest BCUT2D eigenvalue weighted by Crippen LogP contribution is 2.09. The Kier molecular flexibility index (Phi) is 4.22. The van der Waals surface area contributed by atoms with E-state index in [2.05, 4.69) is 21.9 Å². The fraction of sp³-hybridized carbons (Fsp3) is 0.182. The lowest BCUT2D eigenvalue weighted by molar-refractivity contribution is 0.418. The highest BCUT2D eigenvalue weighted by Gasteiger charge is 1.97. The van der Waals surface area contributed by atoms with Gasteiger partial charge < -0.3 is 4.74 Å². The van der Waals surface area contributed by atoms with Crippen LogP contribution in [0.5, 0.6) is 5.88 Å². The molecule has 1 heterocycles. The van der Waals surface area contributed by atoms with E-state index in [-0.39, 0.29) is 0 Å². The van der Waals surface area contributed by atoms with Crippen molar-refractivity contribution in [1.82, 2.24) is 10.2 Å². The summed E-state index contributed by atoms with van der Waals surface area (Å²) in [6.07, 6.45) is 5.06. The number of allylic oxidation sites excluding steroid dienone is 2. The minimum Gasteiger partial charge on any atom is -0.438 e. The molecule has 0 saturated carbocycles. The maximum absolute atomic E-state index is 5.43. The number of nitrogens with zero attached hydrogens (tertiary/aromatic N) is 3. The van der Waals surface area contributed by atoms with Crippen molar-refractivity contribution in [1.29, 1.82) is 0 Å².